The van der Waals surface area contributed by atoms with E-state index >= 15 is 0 Å². The summed E-state index contributed by atoms with van der Waals surface area (Å²) in [7, 11) is 0. The van der Waals surface area contributed by atoms with Crippen LogP contribution in [-0.2, 0) is 16.1 Å². The highest BCUT2D eigenvalue weighted by molar-refractivity contribution is 5.95. The molecular weight excluding hydrogens is 332 g/mol. The predicted octanol–water partition coefficient (Wildman–Crippen LogP) is 2.69. The van der Waals surface area contributed by atoms with Crippen molar-refractivity contribution in [1.29, 1.82) is 0 Å². The molecule has 1 aliphatic rings. The van der Waals surface area contributed by atoms with E-state index in [9.17, 15) is 9.59 Å². The van der Waals surface area contributed by atoms with Crippen molar-refractivity contribution in [1.82, 2.24) is 5.32 Å². The van der Waals surface area contributed by atoms with Crippen LogP contribution in [0.2, 0.25) is 0 Å². The van der Waals surface area contributed by atoms with Gasteiger partial charge >= 0.3 is 6.09 Å². The number of alkyl carbamates (subject to hydrolysis) is 1. The van der Waals surface area contributed by atoms with Gasteiger partial charge in [0.05, 0.1) is 5.69 Å². The summed E-state index contributed by atoms with van der Waals surface area (Å²) in [6.07, 6.45) is 0.0182. The molecule has 1 aliphatic heterocycles. The van der Waals surface area contributed by atoms with Crippen molar-refractivity contribution >= 4 is 17.7 Å². The Balaban J connectivity index is 1.41. The molecule has 2 amide bonds. The Morgan fingerprint density at radius 1 is 1.23 bits per heavy atom. The van der Waals surface area contributed by atoms with Crippen LogP contribution in [0.25, 0.3) is 0 Å². The van der Waals surface area contributed by atoms with Gasteiger partial charge in [-0.05, 0) is 23.8 Å². The Bertz CT molecular complexity index is 853. The number of nitrogens with one attached hydrogen (secondary N) is 2. The van der Waals surface area contributed by atoms with E-state index in [-0.39, 0.29) is 19.1 Å². The lowest BCUT2D eigenvalue weighted by Gasteiger charge is -2.17. The van der Waals surface area contributed by atoms with Gasteiger partial charge in [0.15, 0.2) is 6.61 Å². The van der Waals surface area contributed by atoms with Crippen molar-refractivity contribution < 1.29 is 19.1 Å². The highest BCUT2D eigenvalue weighted by Crippen LogP contribution is 2.28. The molecule has 3 rings (SSSR count). The van der Waals surface area contributed by atoms with E-state index in [0.717, 1.165) is 11.1 Å². The number of hydrogen-bond donors (Lipinski definition) is 2. The van der Waals surface area contributed by atoms with Gasteiger partial charge in [-0.2, -0.15) is 0 Å². The van der Waals surface area contributed by atoms with Crippen LogP contribution in [0.4, 0.5) is 10.5 Å². The quantitative estimate of drug-likeness (QED) is 0.657. The Morgan fingerprint density at radius 2 is 2.08 bits per heavy atom. The van der Waals surface area contributed by atoms with Gasteiger partial charge in [-0.25, -0.2) is 4.79 Å². The number of rotatable bonds is 4. The van der Waals surface area contributed by atoms with Gasteiger partial charge in [-0.3, -0.25) is 4.79 Å². The molecule has 26 heavy (non-hydrogen) atoms. The van der Waals surface area contributed by atoms with Crippen molar-refractivity contribution in [2.75, 3.05) is 18.5 Å². The summed E-state index contributed by atoms with van der Waals surface area (Å²) < 4.78 is 10.4. The summed E-state index contributed by atoms with van der Waals surface area (Å²) in [5.41, 5.74) is 2.32. The molecule has 2 aromatic carbocycles. The SMILES string of the molecule is O=C1COc2ccc(C#CCCNC(=O)OCc3ccccc3)cc2N1. The maximum absolute atomic E-state index is 11.6. The first-order valence-corrected chi connectivity index (χ1v) is 8.21. The van der Waals surface area contributed by atoms with Crippen molar-refractivity contribution in [2.45, 2.75) is 13.0 Å². The zero-order chi connectivity index (χ0) is 18.2. The number of ether oxygens (including phenoxy) is 2. The van der Waals surface area contributed by atoms with E-state index in [2.05, 4.69) is 22.5 Å². The Hall–Kier alpha value is -3.46. The number of amides is 2. The second kappa shape index (κ2) is 8.58. The minimum atomic E-state index is -0.468. The molecular formula is C20H18N2O4. The molecule has 6 heteroatoms. The van der Waals surface area contributed by atoms with Crippen LogP contribution in [0, 0.1) is 11.8 Å². The second-order valence-electron chi connectivity index (χ2n) is 5.59. The van der Waals surface area contributed by atoms with Crippen LogP contribution in [-0.4, -0.2) is 25.2 Å². The first-order chi connectivity index (χ1) is 12.7. The number of fused-ring (bicyclic) bond motifs is 1. The van der Waals surface area contributed by atoms with Crippen LogP contribution in [0.1, 0.15) is 17.5 Å². The molecule has 0 fully saturated rings. The molecule has 1 heterocycles. The number of carbonyl (C=O) groups excluding carboxylic acids is 2. The van der Waals surface area contributed by atoms with E-state index < -0.39 is 6.09 Å². The summed E-state index contributed by atoms with van der Waals surface area (Å²) in [6.45, 7) is 0.663. The molecule has 2 aromatic rings. The number of hydrogen-bond acceptors (Lipinski definition) is 4. The monoisotopic (exact) mass is 350 g/mol. The van der Waals surface area contributed by atoms with Gasteiger partial charge in [0, 0.05) is 18.5 Å². The van der Waals surface area contributed by atoms with E-state index in [1.54, 1.807) is 12.1 Å². The third kappa shape index (κ3) is 5.02. The second-order valence-corrected chi connectivity index (χ2v) is 5.59. The molecule has 0 spiro atoms. The van der Waals surface area contributed by atoms with E-state index in [1.807, 2.05) is 36.4 Å². The van der Waals surface area contributed by atoms with Gasteiger partial charge < -0.3 is 20.1 Å². The van der Waals surface area contributed by atoms with E-state index in [1.165, 1.54) is 0 Å². The fourth-order valence-electron chi connectivity index (χ4n) is 2.33. The van der Waals surface area contributed by atoms with Crippen molar-refractivity contribution in [3.63, 3.8) is 0 Å². The molecule has 132 valence electrons. The number of benzene rings is 2. The van der Waals surface area contributed by atoms with Crippen molar-refractivity contribution in [3.8, 4) is 17.6 Å². The summed E-state index contributed by atoms with van der Waals surface area (Å²) in [4.78, 5) is 22.9. The van der Waals surface area contributed by atoms with Gasteiger partial charge in [0.1, 0.15) is 12.4 Å². The molecule has 0 unspecified atom stereocenters. The van der Waals surface area contributed by atoms with Crippen molar-refractivity contribution in [3.05, 3.63) is 59.7 Å². The number of carbonyl (C=O) groups is 2. The molecule has 2 N–H and O–H groups in total. The molecule has 0 aromatic heterocycles. The fourth-order valence-corrected chi connectivity index (χ4v) is 2.33. The van der Waals surface area contributed by atoms with Crippen LogP contribution in [0.5, 0.6) is 5.75 Å². The van der Waals surface area contributed by atoms with E-state index in [0.29, 0.717) is 24.4 Å². The zero-order valence-electron chi connectivity index (χ0n) is 14.1. The predicted molar refractivity (Wildman–Crippen MR) is 96.7 cm³/mol. The Labute approximate surface area is 151 Å². The summed E-state index contributed by atoms with van der Waals surface area (Å²) in [5.74, 6) is 6.42. The first-order valence-electron chi connectivity index (χ1n) is 8.21. The minimum absolute atomic E-state index is 0.0318. The molecule has 0 saturated carbocycles. The maximum Gasteiger partial charge on any atom is 0.407 e. The minimum Gasteiger partial charge on any atom is -0.482 e. The lowest BCUT2D eigenvalue weighted by Crippen LogP contribution is -2.25. The third-order valence-corrected chi connectivity index (χ3v) is 3.58. The molecule has 0 saturated heterocycles. The highest BCUT2D eigenvalue weighted by atomic mass is 16.5. The van der Waals surface area contributed by atoms with Gasteiger partial charge in [0.25, 0.3) is 5.91 Å². The first kappa shape index (κ1) is 17.4. The smallest absolute Gasteiger partial charge is 0.407 e. The molecule has 6 nitrogen and oxygen atoms in total. The number of anilines is 1. The fraction of sp³-hybridized carbons (Fsp3) is 0.200. The zero-order valence-corrected chi connectivity index (χ0v) is 14.1. The summed E-state index contributed by atoms with van der Waals surface area (Å²) in [6, 6.07) is 14.8. The highest BCUT2D eigenvalue weighted by Gasteiger charge is 2.15. The lowest BCUT2D eigenvalue weighted by atomic mass is 10.1. The van der Waals surface area contributed by atoms with Crippen LogP contribution < -0.4 is 15.4 Å². The molecule has 0 aliphatic carbocycles. The lowest BCUT2D eigenvalue weighted by molar-refractivity contribution is -0.118. The van der Waals surface area contributed by atoms with E-state index in [4.69, 9.17) is 9.47 Å². The molecule has 0 bridgehead atoms. The standard InChI is InChI=1S/C20H18N2O4/c23-19-14-25-18-10-9-15(12-17(18)22-19)6-4-5-11-21-20(24)26-13-16-7-2-1-3-8-16/h1-3,7-10,12H,5,11,13-14H2,(H,21,24)(H,22,23). The van der Waals surface area contributed by atoms with Crippen molar-refractivity contribution in [2.24, 2.45) is 0 Å². The van der Waals surface area contributed by atoms with Crippen LogP contribution >= 0.6 is 0 Å². The summed E-state index contributed by atoms with van der Waals surface area (Å²) in [5, 5.41) is 5.39. The topological polar surface area (TPSA) is 76.7 Å². The van der Waals surface area contributed by atoms with Crippen LogP contribution in [0.3, 0.4) is 0 Å². The largest absolute Gasteiger partial charge is 0.482 e. The van der Waals surface area contributed by atoms with Gasteiger partial charge in [-0.1, -0.05) is 42.2 Å². The third-order valence-electron chi connectivity index (χ3n) is 3.58. The van der Waals surface area contributed by atoms with Gasteiger partial charge in [0.2, 0.25) is 0 Å². The average molecular weight is 350 g/mol. The average Bonchev–Trinajstić information content (AvgIpc) is 2.66. The maximum atomic E-state index is 11.6. The van der Waals surface area contributed by atoms with Gasteiger partial charge in [-0.15, -0.1) is 0 Å². The normalized spacial score (nSPS) is 11.9. The molecule has 0 radical (unpaired) electrons. The summed E-state index contributed by atoms with van der Waals surface area (Å²) >= 11 is 0. The Kier molecular flexibility index (Phi) is 5.73. The molecule has 0 atom stereocenters. The van der Waals surface area contributed by atoms with Crippen LogP contribution in [0.15, 0.2) is 48.5 Å². The Morgan fingerprint density at radius 3 is 2.92 bits per heavy atom.